The molecule has 1 amide bonds. The van der Waals surface area contributed by atoms with Crippen LogP contribution in [0.4, 0.5) is 5.69 Å². The number of benzene rings is 2. The Labute approximate surface area is 176 Å². The molecule has 0 saturated carbocycles. The van der Waals surface area contributed by atoms with Crippen LogP contribution >= 0.6 is 0 Å². The van der Waals surface area contributed by atoms with Crippen LogP contribution in [0, 0.1) is 0 Å². The van der Waals surface area contributed by atoms with Crippen LogP contribution in [0.5, 0.6) is 17.2 Å². The normalized spacial score (nSPS) is 10.5. The highest BCUT2D eigenvalue weighted by molar-refractivity contribution is 6.02. The Morgan fingerprint density at radius 2 is 1.70 bits per heavy atom. The molecule has 7 heteroatoms. The first kappa shape index (κ1) is 22.8. The lowest BCUT2D eigenvalue weighted by atomic mass is 10.1. The van der Waals surface area contributed by atoms with Gasteiger partial charge in [0.1, 0.15) is 0 Å². The molecule has 0 radical (unpaired) electrons. The van der Waals surface area contributed by atoms with Crippen LogP contribution in [0.3, 0.4) is 0 Å². The maximum absolute atomic E-state index is 12.3. The van der Waals surface area contributed by atoms with E-state index < -0.39 is 5.97 Å². The molecule has 160 valence electrons. The van der Waals surface area contributed by atoms with Crippen LogP contribution in [0.25, 0.3) is 6.08 Å². The van der Waals surface area contributed by atoms with Gasteiger partial charge in [-0.25, -0.2) is 4.79 Å². The molecule has 0 fully saturated rings. The van der Waals surface area contributed by atoms with Gasteiger partial charge in [0.2, 0.25) is 11.7 Å². The standard InChI is InChI=1S/C23H27NO6/c1-5-6-12-30-23(26)17-8-7-9-18(15-17)24-21(25)11-10-16-13-19(27-2)22(29-4)20(14-16)28-3/h7-11,13-15H,5-6,12H2,1-4H3,(H,24,25)/b11-10+. The summed E-state index contributed by atoms with van der Waals surface area (Å²) >= 11 is 0. The van der Waals surface area contributed by atoms with Gasteiger partial charge in [-0.15, -0.1) is 0 Å². The van der Waals surface area contributed by atoms with Crippen LogP contribution in [0.15, 0.2) is 42.5 Å². The number of nitrogens with one attached hydrogen (secondary N) is 1. The van der Waals surface area contributed by atoms with Gasteiger partial charge >= 0.3 is 5.97 Å². The average Bonchev–Trinajstić information content (AvgIpc) is 2.77. The number of esters is 1. The second kappa shape index (κ2) is 11.5. The van der Waals surface area contributed by atoms with E-state index in [-0.39, 0.29) is 5.91 Å². The van der Waals surface area contributed by atoms with Gasteiger partial charge in [0.15, 0.2) is 11.5 Å². The molecule has 0 heterocycles. The van der Waals surface area contributed by atoms with E-state index in [9.17, 15) is 9.59 Å². The summed E-state index contributed by atoms with van der Waals surface area (Å²) in [5.74, 6) is 0.703. The molecule has 2 rings (SSSR count). The van der Waals surface area contributed by atoms with Gasteiger partial charge in [0.05, 0.1) is 33.5 Å². The molecule has 0 spiro atoms. The van der Waals surface area contributed by atoms with Crippen molar-refractivity contribution < 1.29 is 28.5 Å². The van der Waals surface area contributed by atoms with E-state index in [4.69, 9.17) is 18.9 Å². The summed E-state index contributed by atoms with van der Waals surface area (Å²) in [7, 11) is 4.58. The first-order valence-electron chi connectivity index (χ1n) is 9.58. The van der Waals surface area contributed by atoms with Crippen molar-refractivity contribution in [1.82, 2.24) is 0 Å². The highest BCUT2D eigenvalue weighted by atomic mass is 16.5. The molecule has 2 aromatic rings. The highest BCUT2D eigenvalue weighted by Gasteiger charge is 2.12. The van der Waals surface area contributed by atoms with Crippen LogP contribution < -0.4 is 19.5 Å². The minimum atomic E-state index is -0.410. The predicted molar refractivity (Wildman–Crippen MR) is 115 cm³/mol. The zero-order valence-corrected chi connectivity index (χ0v) is 17.7. The quantitative estimate of drug-likeness (QED) is 0.355. The summed E-state index contributed by atoms with van der Waals surface area (Å²) in [6.45, 7) is 2.40. The molecule has 0 atom stereocenters. The smallest absolute Gasteiger partial charge is 0.338 e. The van der Waals surface area contributed by atoms with Crippen LogP contribution in [0.1, 0.15) is 35.7 Å². The Morgan fingerprint density at radius 1 is 1.00 bits per heavy atom. The SMILES string of the molecule is CCCCOC(=O)c1cccc(NC(=O)/C=C/c2cc(OC)c(OC)c(OC)c2)c1. The number of carbonyl (C=O) groups excluding carboxylic acids is 2. The maximum Gasteiger partial charge on any atom is 0.338 e. The van der Waals surface area contributed by atoms with E-state index in [1.807, 2.05) is 6.92 Å². The summed E-state index contributed by atoms with van der Waals surface area (Å²) in [5, 5.41) is 2.73. The number of amides is 1. The second-order valence-corrected chi connectivity index (χ2v) is 6.35. The van der Waals surface area contributed by atoms with Gasteiger partial charge in [-0.1, -0.05) is 19.4 Å². The molecule has 0 aliphatic rings. The van der Waals surface area contributed by atoms with Crippen molar-refractivity contribution in [3.63, 3.8) is 0 Å². The lowest BCUT2D eigenvalue weighted by Crippen LogP contribution is -2.10. The van der Waals surface area contributed by atoms with Crippen molar-refractivity contribution in [3.05, 3.63) is 53.6 Å². The van der Waals surface area contributed by atoms with Crippen molar-refractivity contribution in [2.75, 3.05) is 33.3 Å². The van der Waals surface area contributed by atoms with Crippen molar-refractivity contribution in [2.45, 2.75) is 19.8 Å². The molecular weight excluding hydrogens is 386 g/mol. The van der Waals surface area contributed by atoms with Gasteiger partial charge < -0.3 is 24.3 Å². The van der Waals surface area contributed by atoms with Gasteiger partial charge in [0, 0.05) is 11.8 Å². The Bertz CT molecular complexity index is 881. The topological polar surface area (TPSA) is 83.1 Å². The molecule has 0 aliphatic carbocycles. The third-order valence-electron chi connectivity index (χ3n) is 4.21. The first-order chi connectivity index (χ1) is 14.5. The summed E-state index contributed by atoms with van der Waals surface area (Å²) in [6, 6.07) is 10.1. The zero-order valence-electron chi connectivity index (χ0n) is 17.7. The molecule has 0 saturated heterocycles. The van der Waals surface area contributed by atoms with E-state index in [0.29, 0.717) is 40.7 Å². The third-order valence-corrected chi connectivity index (χ3v) is 4.21. The third kappa shape index (κ3) is 6.27. The maximum atomic E-state index is 12.3. The predicted octanol–water partition coefficient (Wildman–Crippen LogP) is 4.32. The van der Waals surface area contributed by atoms with E-state index in [1.165, 1.54) is 27.4 Å². The minimum Gasteiger partial charge on any atom is -0.493 e. The fourth-order valence-electron chi connectivity index (χ4n) is 2.67. The number of rotatable bonds is 10. The highest BCUT2D eigenvalue weighted by Crippen LogP contribution is 2.38. The number of ether oxygens (including phenoxy) is 4. The molecule has 7 nitrogen and oxygen atoms in total. The van der Waals surface area contributed by atoms with Gasteiger partial charge in [-0.2, -0.15) is 0 Å². The first-order valence-corrected chi connectivity index (χ1v) is 9.58. The Hall–Kier alpha value is -3.48. The van der Waals surface area contributed by atoms with E-state index in [2.05, 4.69) is 5.32 Å². The molecule has 0 unspecified atom stereocenters. The Balaban J connectivity index is 2.08. The fraction of sp³-hybridized carbons (Fsp3) is 0.304. The average molecular weight is 413 g/mol. The van der Waals surface area contributed by atoms with Gasteiger partial charge in [-0.3, -0.25) is 4.79 Å². The van der Waals surface area contributed by atoms with Crippen LogP contribution in [-0.2, 0) is 9.53 Å². The molecule has 1 N–H and O–H groups in total. The molecule has 0 bridgehead atoms. The molecule has 30 heavy (non-hydrogen) atoms. The summed E-state index contributed by atoms with van der Waals surface area (Å²) in [4.78, 5) is 24.4. The van der Waals surface area contributed by atoms with Crippen molar-refractivity contribution in [3.8, 4) is 17.2 Å². The van der Waals surface area contributed by atoms with Crippen molar-refractivity contribution in [2.24, 2.45) is 0 Å². The Kier molecular flexibility index (Phi) is 8.75. The number of methoxy groups -OCH3 is 3. The fourth-order valence-corrected chi connectivity index (χ4v) is 2.67. The zero-order chi connectivity index (χ0) is 21.9. The van der Waals surface area contributed by atoms with Gasteiger partial charge in [-0.05, 0) is 48.4 Å². The molecule has 2 aromatic carbocycles. The largest absolute Gasteiger partial charge is 0.493 e. The monoisotopic (exact) mass is 413 g/mol. The molecule has 0 aromatic heterocycles. The van der Waals surface area contributed by atoms with E-state index in [0.717, 1.165) is 12.8 Å². The van der Waals surface area contributed by atoms with Crippen molar-refractivity contribution in [1.29, 1.82) is 0 Å². The second-order valence-electron chi connectivity index (χ2n) is 6.35. The number of unbranched alkanes of at least 4 members (excludes halogenated alkanes) is 1. The molecule has 0 aliphatic heterocycles. The summed E-state index contributed by atoms with van der Waals surface area (Å²) in [6.07, 6.45) is 4.77. The lowest BCUT2D eigenvalue weighted by Gasteiger charge is -2.12. The van der Waals surface area contributed by atoms with Crippen molar-refractivity contribution >= 4 is 23.6 Å². The summed E-state index contributed by atoms with van der Waals surface area (Å²) in [5.41, 5.74) is 1.59. The number of hydrogen-bond acceptors (Lipinski definition) is 6. The van der Waals surface area contributed by atoms with Crippen LogP contribution in [-0.4, -0.2) is 39.8 Å². The summed E-state index contributed by atoms with van der Waals surface area (Å²) < 4.78 is 21.1. The lowest BCUT2D eigenvalue weighted by molar-refractivity contribution is -0.111. The van der Waals surface area contributed by atoms with E-state index >= 15 is 0 Å². The van der Waals surface area contributed by atoms with Gasteiger partial charge in [0.25, 0.3) is 0 Å². The number of carbonyl (C=O) groups is 2. The number of anilines is 1. The molecular formula is C23H27NO6. The van der Waals surface area contributed by atoms with E-state index in [1.54, 1.807) is 42.5 Å². The van der Waals surface area contributed by atoms with Crippen LogP contribution in [0.2, 0.25) is 0 Å². The Morgan fingerprint density at radius 3 is 2.30 bits per heavy atom. The minimum absolute atomic E-state index is 0.347. The number of hydrogen-bond donors (Lipinski definition) is 1.